The molecule has 202 valence electrons. The highest BCUT2D eigenvalue weighted by Crippen LogP contribution is 2.47. The van der Waals surface area contributed by atoms with Gasteiger partial charge in [0.15, 0.2) is 0 Å². The van der Waals surface area contributed by atoms with E-state index in [2.05, 4.69) is 38.8 Å². The molecule has 3 aliphatic rings. The van der Waals surface area contributed by atoms with Crippen molar-refractivity contribution in [1.29, 1.82) is 0 Å². The van der Waals surface area contributed by atoms with Gasteiger partial charge in [0.25, 0.3) is 0 Å². The minimum absolute atomic E-state index is 0.121. The maximum atomic E-state index is 13.2. The molecular formula is C28H38Br2N4O3. The summed E-state index contributed by atoms with van der Waals surface area (Å²) in [6.07, 6.45) is 8.95. The van der Waals surface area contributed by atoms with Gasteiger partial charge >= 0.3 is 6.03 Å². The van der Waals surface area contributed by atoms with Gasteiger partial charge in [0.1, 0.15) is 5.75 Å². The van der Waals surface area contributed by atoms with Crippen molar-refractivity contribution in [3.05, 3.63) is 39.0 Å². The van der Waals surface area contributed by atoms with Crippen molar-refractivity contribution < 1.29 is 14.7 Å². The number of hydrogen-bond acceptors (Lipinski definition) is 4. The summed E-state index contributed by atoms with van der Waals surface area (Å²) in [4.78, 5) is 33.2. The lowest BCUT2D eigenvalue weighted by Crippen LogP contribution is -2.44. The molecule has 0 aromatic heterocycles. The number of phenolic OH excluding ortho intramolecular Hbond substituents is 1. The molecule has 1 aromatic rings. The summed E-state index contributed by atoms with van der Waals surface area (Å²) >= 11 is 7.27. The molecule has 3 amide bonds. The lowest BCUT2D eigenvalue weighted by molar-refractivity contribution is -0.134. The van der Waals surface area contributed by atoms with Crippen LogP contribution in [0.15, 0.2) is 32.9 Å². The Bertz CT molecular complexity index is 1060. The van der Waals surface area contributed by atoms with Gasteiger partial charge in [0.2, 0.25) is 5.91 Å². The molecule has 2 aliphatic heterocycles. The molecule has 2 fully saturated rings. The summed E-state index contributed by atoms with van der Waals surface area (Å²) in [5.41, 5.74) is 10.3. The number of aromatic hydroxyl groups is 1. The zero-order valence-electron chi connectivity index (χ0n) is 21.6. The van der Waals surface area contributed by atoms with Crippen molar-refractivity contribution in [1.82, 2.24) is 9.80 Å². The molecule has 9 heteroatoms. The van der Waals surface area contributed by atoms with E-state index < -0.39 is 0 Å². The minimum atomic E-state index is -0.367. The number of carbonyl (C=O) groups is 2. The van der Waals surface area contributed by atoms with Gasteiger partial charge < -0.3 is 20.6 Å². The van der Waals surface area contributed by atoms with Gasteiger partial charge in [-0.3, -0.25) is 9.79 Å². The second kappa shape index (κ2) is 12.8. The normalized spacial score (nSPS) is 24.1. The van der Waals surface area contributed by atoms with Gasteiger partial charge in [0, 0.05) is 60.2 Å². The monoisotopic (exact) mass is 636 g/mol. The Hall–Kier alpha value is -1.87. The number of alkyl halides is 1. The zero-order chi connectivity index (χ0) is 26.5. The second-order valence-corrected chi connectivity index (χ2v) is 12.2. The van der Waals surface area contributed by atoms with Crippen LogP contribution in [0, 0.1) is 11.8 Å². The fraction of sp³-hybridized carbons (Fsp3) is 0.607. The highest BCUT2D eigenvalue weighted by molar-refractivity contribution is 9.10. The largest absolute Gasteiger partial charge is 0.508 e. The van der Waals surface area contributed by atoms with Crippen LogP contribution in [0.3, 0.4) is 0 Å². The number of allylic oxidation sites excluding steroid dienone is 2. The Kier molecular flexibility index (Phi) is 9.73. The molecule has 7 nitrogen and oxygen atoms in total. The van der Waals surface area contributed by atoms with Crippen LogP contribution >= 0.6 is 31.9 Å². The quantitative estimate of drug-likeness (QED) is 0.318. The molecule has 3 N–H and O–H groups in total. The van der Waals surface area contributed by atoms with Crippen molar-refractivity contribution in [3.63, 3.8) is 0 Å². The van der Waals surface area contributed by atoms with Gasteiger partial charge in [-0.2, -0.15) is 0 Å². The van der Waals surface area contributed by atoms with E-state index in [1.807, 2.05) is 17.2 Å². The lowest BCUT2D eigenvalue weighted by Gasteiger charge is -2.39. The molecule has 1 aliphatic carbocycles. The van der Waals surface area contributed by atoms with Gasteiger partial charge in [-0.25, -0.2) is 4.79 Å². The summed E-state index contributed by atoms with van der Waals surface area (Å²) in [5, 5.41) is 11.0. The van der Waals surface area contributed by atoms with E-state index in [1.54, 1.807) is 11.0 Å². The molecule has 0 saturated carbocycles. The van der Waals surface area contributed by atoms with Gasteiger partial charge in [-0.1, -0.05) is 37.4 Å². The van der Waals surface area contributed by atoms with Crippen LogP contribution < -0.4 is 5.73 Å². The molecule has 2 saturated heterocycles. The lowest BCUT2D eigenvalue weighted by atomic mass is 9.73. The molecule has 37 heavy (non-hydrogen) atoms. The molecule has 1 unspecified atom stereocenters. The number of nitrogens with zero attached hydrogens (tertiary/aromatic N) is 3. The molecule has 0 spiro atoms. The van der Waals surface area contributed by atoms with Crippen LogP contribution in [0.5, 0.6) is 5.75 Å². The standard InChI is InChI=1S/C28H38Br2N4O3/c1-18-3-2-4-21-16-22(35)17-23(30)25(21)26(27(18)32-10-9-29)20-7-13-33(14-8-20)24(36)15-19-5-11-34(12-6-19)28(31)37/h10,16-17,19-20,26,35H,2-9,11-15H2,1H3,(H2,31,37)/b27-18+,32-10?. The zero-order valence-corrected chi connectivity index (χ0v) is 24.8. The van der Waals surface area contributed by atoms with Gasteiger partial charge in [-0.15, -0.1) is 0 Å². The average Bonchev–Trinajstić information content (AvgIpc) is 2.86. The first-order valence-corrected chi connectivity index (χ1v) is 15.3. The highest BCUT2D eigenvalue weighted by atomic mass is 79.9. The van der Waals surface area contributed by atoms with Crippen molar-refractivity contribution in [2.75, 3.05) is 31.5 Å². The van der Waals surface area contributed by atoms with Gasteiger partial charge in [0.05, 0.1) is 0 Å². The van der Waals surface area contributed by atoms with Crippen LogP contribution in [0.25, 0.3) is 0 Å². The summed E-state index contributed by atoms with van der Waals surface area (Å²) in [6.45, 7) is 4.99. The van der Waals surface area contributed by atoms with E-state index >= 15 is 0 Å². The third-order valence-corrected chi connectivity index (χ3v) is 9.24. The minimum Gasteiger partial charge on any atom is -0.508 e. The Balaban J connectivity index is 1.50. The molecular weight excluding hydrogens is 600 g/mol. The van der Waals surface area contributed by atoms with Crippen molar-refractivity contribution >= 4 is 50.0 Å². The van der Waals surface area contributed by atoms with Crippen LogP contribution in [-0.2, 0) is 11.2 Å². The topological polar surface area (TPSA) is 99.2 Å². The maximum absolute atomic E-state index is 13.2. The van der Waals surface area contributed by atoms with Crippen LogP contribution in [0.4, 0.5) is 4.79 Å². The third kappa shape index (κ3) is 6.77. The second-order valence-electron chi connectivity index (χ2n) is 10.7. The Morgan fingerprint density at radius 3 is 2.43 bits per heavy atom. The predicted molar refractivity (Wildman–Crippen MR) is 154 cm³/mol. The first-order chi connectivity index (χ1) is 17.8. The van der Waals surface area contributed by atoms with E-state index in [4.69, 9.17) is 10.7 Å². The van der Waals surface area contributed by atoms with Crippen LogP contribution in [-0.4, -0.2) is 64.6 Å². The summed E-state index contributed by atoms with van der Waals surface area (Å²) in [5.74, 6) is 1.31. The first-order valence-electron chi connectivity index (χ1n) is 13.4. The number of phenols is 1. The molecule has 2 heterocycles. The molecule has 1 atom stereocenters. The van der Waals surface area contributed by atoms with E-state index in [0.29, 0.717) is 42.4 Å². The summed E-state index contributed by atoms with van der Waals surface area (Å²) in [6, 6.07) is 3.35. The number of primary amides is 1. The molecule has 0 radical (unpaired) electrons. The molecule has 0 bridgehead atoms. The predicted octanol–water partition coefficient (Wildman–Crippen LogP) is 5.73. The first kappa shape index (κ1) is 28.1. The Labute approximate surface area is 236 Å². The number of halogens is 2. The SMILES string of the molecule is C/C1=C(\N=CCBr)C(C2CCN(C(=O)CC3CCN(C(N)=O)CC3)CC2)c2c(Br)cc(O)cc2CCC1. The number of aliphatic imine (C=N–C) groups is 1. The number of nitrogens with two attached hydrogens (primary N) is 1. The third-order valence-electron chi connectivity index (χ3n) is 8.29. The average molecular weight is 638 g/mol. The van der Waals surface area contributed by atoms with Crippen LogP contribution in [0.1, 0.15) is 68.9 Å². The fourth-order valence-electron chi connectivity index (χ4n) is 6.29. The maximum Gasteiger partial charge on any atom is 0.314 e. The van der Waals surface area contributed by atoms with Crippen molar-refractivity contribution in [2.45, 2.75) is 64.2 Å². The van der Waals surface area contributed by atoms with E-state index in [1.165, 1.54) is 16.7 Å². The summed E-state index contributed by atoms with van der Waals surface area (Å²) in [7, 11) is 0. The highest BCUT2D eigenvalue weighted by Gasteiger charge is 2.36. The molecule has 4 rings (SSSR count). The number of fused-ring (bicyclic) bond motifs is 1. The van der Waals surface area contributed by atoms with E-state index in [-0.39, 0.29) is 17.9 Å². The van der Waals surface area contributed by atoms with Gasteiger partial charge in [-0.05, 0) is 87.0 Å². The smallest absolute Gasteiger partial charge is 0.314 e. The number of urea groups is 1. The van der Waals surface area contributed by atoms with Crippen molar-refractivity contribution in [3.8, 4) is 5.75 Å². The number of hydrogen-bond donors (Lipinski definition) is 2. The number of rotatable bonds is 5. The number of aryl methyl sites for hydroxylation is 1. The number of benzene rings is 1. The van der Waals surface area contributed by atoms with Crippen LogP contribution in [0.2, 0.25) is 0 Å². The number of carbonyl (C=O) groups excluding carboxylic acids is 2. The Morgan fingerprint density at radius 2 is 1.78 bits per heavy atom. The van der Waals surface area contributed by atoms with E-state index in [0.717, 1.165) is 68.2 Å². The van der Waals surface area contributed by atoms with E-state index in [9.17, 15) is 14.7 Å². The number of piperidine rings is 2. The number of amides is 3. The fourth-order valence-corrected chi connectivity index (χ4v) is 7.17. The van der Waals surface area contributed by atoms with Crippen molar-refractivity contribution in [2.24, 2.45) is 22.6 Å². The Morgan fingerprint density at radius 1 is 1.11 bits per heavy atom. The molecule has 1 aromatic carbocycles. The number of likely N-dealkylation sites (tertiary alicyclic amines) is 2. The summed E-state index contributed by atoms with van der Waals surface area (Å²) < 4.78 is 0.939.